The SMILES string of the molecule is CC#CC(=O)[O-].CC#CC(=O)[O-].CC#CC(=O)[O-].[Al+3]. The topological polar surface area (TPSA) is 120 Å². The minimum atomic E-state index is -1.32. The largest absolute Gasteiger partial charge is 3.00 e. The molecule has 0 atom stereocenters. The smallest absolute Gasteiger partial charge is 0.537 e. The summed E-state index contributed by atoms with van der Waals surface area (Å²) in [4.78, 5) is 27.9. The third-order valence-corrected chi connectivity index (χ3v) is 0.681. The molecule has 0 saturated heterocycles. The van der Waals surface area contributed by atoms with Crippen molar-refractivity contribution in [3.05, 3.63) is 0 Å². The molecule has 0 saturated carbocycles. The summed E-state index contributed by atoms with van der Waals surface area (Å²) in [5.41, 5.74) is 0. The van der Waals surface area contributed by atoms with Gasteiger partial charge in [0.1, 0.15) is 17.9 Å². The first-order valence-corrected chi connectivity index (χ1v) is 4.22. The van der Waals surface area contributed by atoms with Crippen LogP contribution in [-0.2, 0) is 14.4 Å². The molecule has 19 heavy (non-hydrogen) atoms. The molecule has 0 bridgehead atoms. The first-order valence-electron chi connectivity index (χ1n) is 4.22. The molecule has 0 aromatic heterocycles. The molecule has 96 valence electrons. The van der Waals surface area contributed by atoms with Crippen LogP contribution in [-0.4, -0.2) is 35.3 Å². The first-order chi connectivity index (χ1) is 8.31. The van der Waals surface area contributed by atoms with Crippen molar-refractivity contribution in [2.75, 3.05) is 0 Å². The van der Waals surface area contributed by atoms with Gasteiger partial charge in [-0.05, 0) is 20.8 Å². The van der Waals surface area contributed by atoms with E-state index < -0.39 is 17.9 Å². The number of carbonyl (C=O) groups excluding carboxylic acids is 3. The Morgan fingerprint density at radius 1 is 0.632 bits per heavy atom. The van der Waals surface area contributed by atoms with E-state index in [4.69, 9.17) is 0 Å². The number of aliphatic carboxylic acids is 3. The molecule has 6 nitrogen and oxygen atoms in total. The Labute approximate surface area is 122 Å². The van der Waals surface area contributed by atoms with Gasteiger partial charge in [0.15, 0.2) is 0 Å². The zero-order valence-corrected chi connectivity index (χ0v) is 11.7. The van der Waals surface area contributed by atoms with Crippen molar-refractivity contribution in [1.29, 1.82) is 0 Å². The molecule has 7 heteroatoms. The van der Waals surface area contributed by atoms with E-state index in [9.17, 15) is 29.7 Å². The van der Waals surface area contributed by atoms with Crippen LogP contribution < -0.4 is 15.3 Å². The maximum atomic E-state index is 9.31. The van der Waals surface area contributed by atoms with Crippen LogP contribution in [0.4, 0.5) is 0 Å². The average Bonchev–Trinajstić information content (AvgIpc) is 2.18. The summed E-state index contributed by atoms with van der Waals surface area (Å²) in [7, 11) is 0. The van der Waals surface area contributed by atoms with Gasteiger partial charge in [0.2, 0.25) is 0 Å². The van der Waals surface area contributed by atoms with E-state index in [-0.39, 0.29) is 17.4 Å². The van der Waals surface area contributed by atoms with E-state index in [1.165, 1.54) is 20.8 Å². The van der Waals surface area contributed by atoms with Crippen LogP contribution >= 0.6 is 0 Å². The van der Waals surface area contributed by atoms with Gasteiger partial charge in [0.05, 0.1) is 0 Å². The summed E-state index contributed by atoms with van der Waals surface area (Å²) in [6, 6.07) is 0. The van der Waals surface area contributed by atoms with Crippen molar-refractivity contribution in [2.24, 2.45) is 0 Å². The van der Waals surface area contributed by atoms with Crippen LogP contribution in [0.15, 0.2) is 0 Å². The van der Waals surface area contributed by atoms with E-state index in [2.05, 4.69) is 17.8 Å². The number of carbonyl (C=O) groups is 3. The van der Waals surface area contributed by atoms with Gasteiger partial charge < -0.3 is 29.7 Å². The van der Waals surface area contributed by atoms with Gasteiger partial charge in [0.25, 0.3) is 0 Å². The minimum Gasteiger partial charge on any atom is -0.537 e. The van der Waals surface area contributed by atoms with Gasteiger partial charge >= 0.3 is 17.4 Å². The minimum absolute atomic E-state index is 0. The standard InChI is InChI=1S/3C4H4O2.Al/c3*1-2-3-4(5)6;/h3*1H3,(H,5,6);/q;;;+3/p-3. The molecule has 0 aliphatic heterocycles. The van der Waals surface area contributed by atoms with Gasteiger partial charge in [-0.2, -0.15) is 0 Å². The Morgan fingerprint density at radius 2 is 0.789 bits per heavy atom. The second kappa shape index (κ2) is 21.0. The first kappa shape index (κ1) is 25.5. The Balaban J connectivity index is -0.0000000865. The zero-order valence-electron chi connectivity index (χ0n) is 10.5. The van der Waals surface area contributed by atoms with Gasteiger partial charge in [-0.15, -0.1) is 17.8 Å². The Kier molecular flexibility index (Phi) is 28.1. The van der Waals surface area contributed by atoms with Gasteiger partial charge in [-0.3, -0.25) is 0 Å². The predicted octanol–water partition coefficient (Wildman–Crippen LogP) is -4.10. The van der Waals surface area contributed by atoms with E-state index in [1.807, 2.05) is 0 Å². The maximum Gasteiger partial charge on any atom is 3.00 e. The molecule has 0 N–H and O–H groups in total. The molecule has 0 aromatic rings. The summed E-state index contributed by atoms with van der Waals surface area (Å²) in [5.74, 6) is 7.79. The van der Waals surface area contributed by atoms with Crippen molar-refractivity contribution in [2.45, 2.75) is 20.8 Å². The summed E-state index contributed by atoms with van der Waals surface area (Å²) < 4.78 is 0. The second-order valence-corrected chi connectivity index (χ2v) is 1.99. The number of carboxylic acids is 3. The summed E-state index contributed by atoms with van der Waals surface area (Å²) in [6.45, 7) is 4.32. The van der Waals surface area contributed by atoms with Crippen LogP contribution in [0.1, 0.15) is 20.8 Å². The van der Waals surface area contributed by atoms with Crippen molar-refractivity contribution in [3.8, 4) is 35.5 Å². The molecule has 0 unspecified atom stereocenters. The van der Waals surface area contributed by atoms with E-state index in [0.717, 1.165) is 0 Å². The fraction of sp³-hybridized carbons (Fsp3) is 0.250. The van der Waals surface area contributed by atoms with Gasteiger partial charge in [-0.25, -0.2) is 0 Å². The molecule has 0 aliphatic carbocycles. The van der Waals surface area contributed by atoms with Crippen LogP contribution in [0.3, 0.4) is 0 Å². The normalized spacial score (nSPS) is 5.21. The van der Waals surface area contributed by atoms with Gasteiger partial charge in [0, 0.05) is 0 Å². The third-order valence-electron chi connectivity index (χ3n) is 0.681. The monoisotopic (exact) mass is 276 g/mol. The van der Waals surface area contributed by atoms with Gasteiger partial charge in [-0.1, -0.05) is 17.8 Å². The zero-order chi connectivity index (χ0) is 15.0. The van der Waals surface area contributed by atoms with E-state index in [1.54, 1.807) is 17.8 Å². The molecule has 0 radical (unpaired) electrons. The van der Waals surface area contributed by atoms with Crippen LogP contribution in [0.5, 0.6) is 0 Å². The Hall–Kier alpha value is -2.38. The summed E-state index contributed by atoms with van der Waals surface area (Å²) in [5, 5.41) is 27.9. The Morgan fingerprint density at radius 3 is 0.789 bits per heavy atom. The van der Waals surface area contributed by atoms with Crippen molar-refractivity contribution < 1.29 is 29.7 Å². The number of carboxylic acid groups (broad SMARTS) is 3. The fourth-order valence-electron chi connectivity index (χ4n) is 0.306. The van der Waals surface area contributed by atoms with Crippen LogP contribution in [0.25, 0.3) is 0 Å². The number of hydrogen-bond acceptors (Lipinski definition) is 6. The average molecular weight is 276 g/mol. The van der Waals surface area contributed by atoms with Crippen molar-refractivity contribution in [3.63, 3.8) is 0 Å². The van der Waals surface area contributed by atoms with Crippen LogP contribution in [0, 0.1) is 35.5 Å². The predicted molar refractivity (Wildman–Crippen MR) is 61.1 cm³/mol. The quantitative estimate of drug-likeness (QED) is 0.327. The van der Waals surface area contributed by atoms with Crippen molar-refractivity contribution in [1.82, 2.24) is 0 Å². The molecule has 0 fully saturated rings. The van der Waals surface area contributed by atoms with Crippen molar-refractivity contribution >= 4 is 35.3 Å². The molecular formula is C12H9AlO6. The van der Waals surface area contributed by atoms with E-state index in [0.29, 0.717) is 0 Å². The molecule has 0 rings (SSSR count). The maximum absolute atomic E-state index is 9.31. The summed E-state index contributed by atoms with van der Waals surface area (Å²) in [6.07, 6.45) is 0. The molecule has 0 aromatic carbocycles. The number of rotatable bonds is 0. The van der Waals surface area contributed by atoms with Crippen LogP contribution in [0.2, 0.25) is 0 Å². The molecule has 0 heterocycles. The van der Waals surface area contributed by atoms with E-state index >= 15 is 0 Å². The Bertz CT molecular complexity index is 390. The number of hydrogen-bond donors (Lipinski definition) is 0. The summed E-state index contributed by atoms with van der Waals surface area (Å²) >= 11 is 0. The fourth-order valence-corrected chi connectivity index (χ4v) is 0.306. The molecule has 0 amide bonds. The molecular weight excluding hydrogens is 267 g/mol. The third kappa shape index (κ3) is 66.1. The molecule has 0 aliphatic rings. The molecule has 0 spiro atoms. The second-order valence-electron chi connectivity index (χ2n) is 1.99.